The van der Waals surface area contributed by atoms with Gasteiger partial charge in [-0.2, -0.15) is 0 Å². The standard InChI is InChI=1S/C22H26N2O4S/c1-27-18-6-3-5-15(20(18)28-2)16-12-24(22(26)19-7-4-10-29-19)13-17(16)21(25)23-11-14-8-9-14/h3-7,10,14,16-17H,8-9,11-13H2,1-2H3,(H,23,25). The summed E-state index contributed by atoms with van der Waals surface area (Å²) >= 11 is 1.42. The van der Waals surface area contributed by atoms with Crippen LogP contribution in [0, 0.1) is 11.8 Å². The molecule has 1 saturated carbocycles. The Morgan fingerprint density at radius 1 is 1.14 bits per heavy atom. The number of para-hydroxylation sites is 1. The molecule has 4 rings (SSSR count). The first kappa shape index (κ1) is 19.8. The first-order valence-electron chi connectivity index (χ1n) is 9.93. The van der Waals surface area contributed by atoms with Crippen molar-refractivity contribution in [2.45, 2.75) is 18.8 Å². The van der Waals surface area contributed by atoms with Gasteiger partial charge in [0.25, 0.3) is 5.91 Å². The van der Waals surface area contributed by atoms with Gasteiger partial charge in [-0.05, 0) is 36.3 Å². The SMILES string of the molecule is COc1cccc(C2CN(C(=O)c3cccs3)CC2C(=O)NCC2CC2)c1OC. The molecule has 1 saturated heterocycles. The zero-order chi connectivity index (χ0) is 20.4. The van der Waals surface area contributed by atoms with Crippen LogP contribution < -0.4 is 14.8 Å². The first-order valence-corrected chi connectivity index (χ1v) is 10.8. The van der Waals surface area contributed by atoms with Crippen molar-refractivity contribution >= 4 is 23.2 Å². The van der Waals surface area contributed by atoms with Gasteiger partial charge in [0.15, 0.2) is 11.5 Å². The lowest BCUT2D eigenvalue weighted by Gasteiger charge is -2.21. The number of nitrogens with one attached hydrogen (secondary N) is 1. The van der Waals surface area contributed by atoms with Crippen molar-refractivity contribution in [2.75, 3.05) is 33.9 Å². The minimum absolute atomic E-state index is 0.00764. The van der Waals surface area contributed by atoms with Crippen LogP contribution in [0.1, 0.15) is 34.0 Å². The number of carbonyl (C=O) groups excluding carboxylic acids is 2. The molecule has 1 aliphatic heterocycles. The number of rotatable bonds is 7. The Kier molecular flexibility index (Phi) is 5.76. The van der Waals surface area contributed by atoms with Crippen molar-refractivity contribution < 1.29 is 19.1 Å². The van der Waals surface area contributed by atoms with Gasteiger partial charge in [0.05, 0.1) is 25.0 Å². The Bertz CT molecular complexity index is 879. The number of hydrogen-bond donors (Lipinski definition) is 1. The van der Waals surface area contributed by atoms with Crippen LogP contribution in [0.4, 0.5) is 0 Å². The predicted octanol–water partition coefficient (Wildman–Crippen LogP) is 3.15. The minimum Gasteiger partial charge on any atom is -0.493 e. The fourth-order valence-electron chi connectivity index (χ4n) is 4.01. The Labute approximate surface area is 174 Å². The highest BCUT2D eigenvalue weighted by molar-refractivity contribution is 7.12. The van der Waals surface area contributed by atoms with E-state index in [-0.39, 0.29) is 23.7 Å². The lowest BCUT2D eigenvalue weighted by molar-refractivity contribution is -0.125. The van der Waals surface area contributed by atoms with Gasteiger partial charge in [0.2, 0.25) is 5.91 Å². The second-order valence-electron chi connectivity index (χ2n) is 7.67. The average molecular weight is 415 g/mol. The highest BCUT2D eigenvalue weighted by atomic mass is 32.1. The van der Waals surface area contributed by atoms with Crippen molar-refractivity contribution in [1.82, 2.24) is 10.2 Å². The van der Waals surface area contributed by atoms with Crippen LogP contribution in [-0.2, 0) is 4.79 Å². The molecule has 2 aliphatic rings. The molecule has 2 unspecified atom stereocenters. The molecular weight excluding hydrogens is 388 g/mol. The third-order valence-electron chi connectivity index (χ3n) is 5.77. The third-order valence-corrected chi connectivity index (χ3v) is 6.63. The van der Waals surface area contributed by atoms with E-state index in [1.54, 1.807) is 19.1 Å². The van der Waals surface area contributed by atoms with Crippen molar-refractivity contribution in [3.63, 3.8) is 0 Å². The van der Waals surface area contributed by atoms with E-state index in [0.717, 1.165) is 12.1 Å². The number of nitrogens with zero attached hydrogens (tertiary/aromatic N) is 1. The molecule has 6 nitrogen and oxygen atoms in total. The number of amides is 2. The fourth-order valence-corrected chi connectivity index (χ4v) is 4.70. The number of hydrogen-bond acceptors (Lipinski definition) is 5. The Hall–Kier alpha value is -2.54. The van der Waals surface area contributed by atoms with E-state index in [4.69, 9.17) is 9.47 Å². The lowest BCUT2D eigenvalue weighted by atomic mass is 9.87. The van der Waals surface area contributed by atoms with Gasteiger partial charge in [-0.1, -0.05) is 18.2 Å². The van der Waals surface area contributed by atoms with Crippen LogP contribution in [-0.4, -0.2) is 50.6 Å². The molecule has 0 spiro atoms. The van der Waals surface area contributed by atoms with Crippen LogP contribution in [0.2, 0.25) is 0 Å². The van der Waals surface area contributed by atoms with Gasteiger partial charge in [0.1, 0.15) is 0 Å². The van der Waals surface area contributed by atoms with Crippen LogP contribution in [0.3, 0.4) is 0 Å². The number of ether oxygens (including phenoxy) is 2. The highest BCUT2D eigenvalue weighted by Gasteiger charge is 2.42. The molecule has 1 aliphatic carbocycles. The first-order chi connectivity index (χ1) is 14.1. The molecule has 0 bridgehead atoms. The molecule has 0 radical (unpaired) electrons. The molecule has 2 heterocycles. The third kappa shape index (κ3) is 4.10. The molecule has 154 valence electrons. The molecule has 7 heteroatoms. The topological polar surface area (TPSA) is 67.9 Å². The Morgan fingerprint density at radius 2 is 1.97 bits per heavy atom. The highest BCUT2D eigenvalue weighted by Crippen LogP contribution is 2.42. The van der Waals surface area contributed by atoms with Gasteiger partial charge < -0.3 is 19.7 Å². The minimum atomic E-state index is -0.321. The normalized spacial score (nSPS) is 21.1. The molecular formula is C22H26N2O4S. The number of thiophene rings is 1. The second kappa shape index (κ2) is 8.45. The zero-order valence-electron chi connectivity index (χ0n) is 16.7. The molecule has 2 aromatic rings. The number of carbonyl (C=O) groups is 2. The van der Waals surface area contributed by atoms with E-state index in [9.17, 15) is 9.59 Å². The molecule has 29 heavy (non-hydrogen) atoms. The van der Waals surface area contributed by atoms with E-state index in [0.29, 0.717) is 35.4 Å². The van der Waals surface area contributed by atoms with Crippen LogP contribution in [0.15, 0.2) is 35.7 Å². The zero-order valence-corrected chi connectivity index (χ0v) is 17.5. The summed E-state index contributed by atoms with van der Waals surface area (Å²) in [6.07, 6.45) is 2.36. The van der Waals surface area contributed by atoms with E-state index in [1.807, 2.05) is 35.7 Å². The number of methoxy groups -OCH3 is 2. The van der Waals surface area contributed by atoms with Gasteiger partial charge in [-0.15, -0.1) is 11.3 Å². The van der Waals surface area contributed by atoms with Gasteiger partial charge in [-0.25, -0.2) is 0 Å². The average Bonchev–Trinajstić information content (AvgIpc) is 3.23. The molecule has 1 aromatic heterocycles. The van der Waals surface area contributed by atoms with Crippen molar-refractivity contribution in [3.05, 3.63) is 46.2 Å². The van der Waals surface area contributed by atoms with Crippen molar-refractivity contribution in [2.24, 2.45) is 11.8 Å². The van der Waals surface area contributed by atoms with Crippen molar-refractivity contribution in [1.29, 1.82) is 0 Å². The molecule has 1 aromatic carbocycles. The second-order valence-corrected chi connectivity index (χ2v) is 8.62. The maximum Gasteiger partial charge on any atom is 0.263 e. The summed E-state index contributed by atoms with van der Waals surface area (Å²) in [5.74, 6) is 1.38. The largest absolute Gasteiger partial charge is 0.493 e. The van der Waals surface area contributed by atoms with Gasteiger partial charge in [0, 0.05) is 31.1 Å². The molecule has 2 amide bonds. The summed E-state index contributed by atoms with van der Waals surface area (Å²) in [5.41, 5.74) is 0.903. The summed E-state index contributed by atoms with van der Waals surface area (Å²) < 4.78 is 11.1. The summed E-state index contributed by atoms with van der Waals surface area (Å²) in [7, 11) is 3.20. The van der Waals surface area contributed by atoms with E-state index in [1.165, 1.54) is 24.2 Å². The van der Waals surface area contributed by atoms with Crippen LogP contribution >= 0.6 is 11.3 Å². The van der Waals surface area contributed by atoms with Gasteiger partial charge >= 0.3 is 0 Å². The number of benzene rings is 1. The molecule has 1 N–H and O–H groups in total. The Morgan fingerprint density at radius 3 is 2.62 bits per heavy atom. The number of likely N-dealkylation sites (tertiary alicyclic amines) is 1. The summed E-state index contributed by atoms with van der Waals surface area (Å²) in [6.45, 7) is 1.59. The predicted molar refractivity (Wildman–Crippen MR) is 112 cm³/mol. The van der Waals surface area contributed by atoms with Crippen LogP contribution in [0.25, 0.3) is 0 Å². The van der Waals surface area contributed by atoms with E-state index < -0.39 is 0 Å². The fraction of sp³-hybridized carbons (Fsp3) is 0.455. The summed E-state index contributed by atoms with van der Waals surface area (Å²) in [4.78, 5) is 28.5. The maximum atomic E-state index is 13.1. The smallest absolute Gasteiger partial charge is 0.263 e. The van der Waals surface area contributed by atoms with Crippen LogP contribution in [0.5, 0.6) is 11.5 Å². The lowest BCUT2D eigenvalue weighted by Crippen LogP contribution is -2.36. The quantitative estimate of drug-likeness (QED) is 0.756. The monoisotopic (exact) mass is 414 g/mol. The van der Waals surface area contributed by atoms with E-state index in [2.05, 4.69) is 5.32 Å². The molecule has 2 atom stereocenters. The van der Waals surface area contributed by atoms with Gasteiger partial charge in [-0.3, -0.25) is 9.59 Å². The maximum absolute atomic E-state index is 13.1. The summed E-state index contributed by atoms with van der Waals surface area (Å²) in [6, 6.07) is 9.41. The molecule has 2 fully saturated rings. The summed E-state index contributed by atoms with van der Waals surface area (Å²) in [5, 5.41) is 4.99. The van der Waals surface area contributed by atoms with E-state index >= 15 is 0 Å². The Balaban J connectivity index is 1.62. The van der Waals surface area contributed by atoms with Crippen molar-refractivity contribution in [3.8, 4) is 11.5 Å².